The van der Waals surface area contributed by atoms with Crippen molar-refractivity contribution in [1.82, 2.24) is 0 Å². The van der Waals surface area contributed by atoms with E-state index in [0.717, 1.165) is 38.5 Å². The van der Waals surface area contributed by atoms with Gasteiger partial charge in [-0.15, -0.1) is 36.2 Å². The van der Waals surface area contributed by atoms with E-state index in [1.54, 1.807) is 0 Å². The van der Waals surface area contributed by atoms with Gasteiger partial charge in [0.1, 0.15) is 0 Å². The van der Waals surface area contributed by atoms with Gasteiger partial charge in [-0.1, -0.05) is 68.7 Å². The number of unbranched alkanes of at least 4 members (excludes halogenated alkanes) is 2. The Morgan fingerprint density at radius 3 is 2.32 bits per heavy atom. The quantitative estimate of drug-likeness (QED) is 0.0730. The van der Waals surface area contributed by atoms with Crippen molar-refractivity contribution in [3.63, 3.8) is 0 Å². The van der Waals surface area contributed by atoms with Crippen molar-refractivity contribution in [2.45, 2.75) is 103 Å². The number of halogens is 1. The largest absolute Gasteiger partial charge is 0.392 e. The van der Waals surface area contributed by atoms with Crippen molar-refractivity contribution >= 4 is 30.1 Å². The Balaban J connectivity index is 0. The van der Waals surface area contributed by atoms with E-state index in [2.05, 4.69) is 82.2 Å². The van der Waals surface area contributed by atoms with Gasteiger partial charge in [-0.2, -0.15) is 0 Å². The SMILES string of the molecule is C#C.C/C=C/C=C(/CC1(C(O)C/C=C/C2CCC(Cl)C2)CCC1)SC.C/C=C\CCCC.C=N. The van der Waals surface area contributed by atoms with E-state index in [1.165, 1.54) is 37.0 Å². The monoisotopic (exact) mass is 507 g/mol. The molecule has 0 bridgehead atoms. The number of aliphatic hydroxyl groups is 1. The molecular weight excluding hydrogens is 458 g/mol. The highest BCUT2D eigenvalue weighted by Gasteiger charge is 2.43. The highest BCUT2D eigenvalue weighted by molar-refractivity contribution is 8.02. The summed E-state index contributed by atoms with van der Waals surface area (Å²) in [6.45, 7) is 8.82. The van der Waals surface area contributed by atoms with Crippen LogP contribution in [0.25, 0.3) is 0 Å². The molecule has 0 heterocycles. The molecule has 2 saturated carbocycles. The normalized spacial score (nSPS) is 22.2. The number of terminal acetylenes is 1. The Hall–Kier alpha value is -1.21. The number of aliphatic hydroxyl groups excluding tert-OH is 1. The summed E-state index contributed by atoms with van der Waals surface area (Å²) in [5, 5.41) is 16.6. The number of hydrogen-bond acceptors (Lipinski definition) is 3. The molecule has 0 aromatic carbocycles. The second-order valence-electron chi connectivity index (χ2n) is 8.82. The van der Waals surface area contributed by atoms with Gasteiger partial charge < -0.3 is 10.5 Å². The maximum Gasteiger partial charge on any atom is 0.0634 e. The molecule has 34 heavy (non-hydrogen) atoms. The van der Waals surface area contributed by atoms with Crippen LogP contribution >= 0.6 is 23.4 Å². The predicted molar refractivity (Wildman–Crippen MR) is 158 cm³/mol. The summed E-state index contributed by atoms with van der Waals surface area (Å²) in [5.74, 6) is 0.624. The van der Waals surface area contributed by atoms with Crippen LogP contribution in [0, 0.1) is 29.6 Å². The van der Waals surface area contributed by atoms with Gasteiger partial charge in [0.2, 0.25) is 0 Å². The number of allylic oxidation sites excluding steroid dienone is 7. The number of thioether (sulfide) groups is 1. The zero-order chi connectivity index (χ0) is 26.2. The molecule has 0 aliphatic heterocycles. The summed E-state index contributed by atoms with van der Waals surface area (Å²) in [6, 6.07) is 0. The Labute approximate surface area is 220 Å². The lowest BCUT2D eigenvalue weighted by Crippen LogP contribution is -2.41. The first-order chi connectivity index (χ1) is 16.5. The molecular formula is C30H50ClNOS. The summed E-state index contributed by atoms with van der Waals surface area (Å²) in [5.41, 5.74) is 0.103. The van der Waals surface area contributed by atoms with Gasteiger partial charge in [-0.25, -0.2) is 0 Å². The standard InChI is InChI=1S/C20H31ClOS.C7H14.C2H2.CH3N/c1-3-4-8-18(23-2)15-20(12-6-13-20)19(22)9-5-7-16-10-11-17(21)14-16;1-3-5-7-6-4-2;2*1-2/h3-5,7-8,16-17,19,22H,6,9-15H2,1-2H3;3,5H,4,6-7H2,1-2H3;1-2H;2H,1H2/b4-3+,7-5+,18-8-;5-3-;;. The molecule has 194 valence electrons. The van der Waals surface area contributed by atoms with Gasteiger partial charge in [0.25, 0.3) is 0 Å². The third-order valence-electron chi connectivity index (χ3n) is 6.46. The van der Waals surface area contributed by atoms with Gasteiger partial charge in [-0.05, 0) is 89.0 Å². The smallest absolute Gasteiger partial charge is 0.0634 e. The van der Waals surface area contributed by atoms with E-state index >= 15 is 0 Å². The Bertz CT molecular complexity index is 619. The first-order valence-electron chi connectivity index (χ1n) is 12.7. The number of alkyl halides is 1. The lowest BCUT2D eigenvalue weighted by atomic mass is 9.62. The van der Waals surface area contributed by atoms with Crippen molar-refractivity contribution in [2.24, 2.45) is 11.3 Å². The van der Waals surface area contributed by atoms with Gasteiger partial charge >= 0.3 is 0 Å². The Morgan fingerprint density at radius 2 is 1.88 bits per heavy atom. The minimum absolute atomic E-state index is 0.103. The highest BCUT2D eigenvalue weighted by Crippen LogP contribution is 2.50. The predicted octanol–water partition coefficient (Wildman–Crippen LogP) is 9.35. The molecule has 2 nitrogen and oxygen atoms in total. The molecule has 0 radical (unpaired) electrons. The van der Waals surface area contributed by atoms with E-state index in [9.17, 15) is 5.11 Å². The molecule has 2 N–H and O–H groups in total. The molecule has 3 atom stereocenters. The van der Waals surface area contributed by atoms with E-state index in [-0.39, 0.29) is 11.5 Å². The van der Waals surface area contributed by atoms with Crippen LogP contribution in [0.3, 0.4) is 0 Å². The van der Waals surface area contributed by atoms with Crippen LogP contribution < -0.4 is 0 Å². The molecule has 2 aliphatic carbocycles. The summed E-state index contributed by atoms with van der Waals surface area (Å²) >= 11 is 7.98. The van der Waals surface area contributed by atoms with Crippen molar-refractivity contribution in [3.05, 3.63) is 47.4 Å². The zero-order valence-corrected chi connectivity index (χ0v) is 23.7. The minimum Gasteiger partial charge on any atom is -0.392 e. The molecule has 0 aromatic heterocycles. The van der Waals surface area contributed by atoms with Crippen LogP contribution in [0.5, 0.6) is 0 Å². The van der Waals surface area contributed by atoms with Crippen LogP contribution in [0.15, 0.2) is 47.4 Å². The molecule has 0 aromatic rings. The van der Waals surface area contributed by atoms with Crippen molar-refractivity contribution in [3.8, 4) is 12.8 Å². The number of nitrogens with one attached hydrogen (secondary N) is 1. The first kappa shape index (κ1) is 35.0. The maximum absolute atomic E-state index is 10.8. The van der Waals surface area contributed by atoms with Gasteiger partial charge in [-0.3, -0.25) is 0 Å². The average molecular weight is 508 g/mol. The lowest BCUT2D eigenvalue weighted by Gasteiger charge is -2.46. The molecule has 2 aliphatic rings. The van der Waals surface area contributed by atoms with Crippen LogP contribution in [0.2, 0.25) is 0 Å². The topological polar surface area (TPSA) is 44.1 Å². The third kappa shape index (κ3) is 14.9. The van der Waals surface area contributed by atoms with E-state index in [1.807, 2.05) is 18.7 Å². The van der Waals surface area contributed by atoms with Crippen LogP contribution in [-0.2, 0) is 0 Å². The van der Waals surface area contributed by atoms with Crippen LogP contribution in [0.4, 0.5) is 0 Å². The summed E-state index contributed by atoms with van der Waals surface area (Å²) in [7, 11) is 0. The van der Waals surface area contributed by atoms with Crippen LogP contribution in [-0.4, -0.2) is 29.6 Å². The minimum atomic E-state index is -0.221. The first-order valence-corrected chi connectivity index (χ1v) is 14.3. The van der Waals surface area contributed by atoms with Gasteiger partial charge in [0.15, 0.2) is 0 Å². The molecule has 2 fully saturated rings. The molecule has 0 spiro atoms. The Kier molecular flexibility index (Phi) is 24.2. The molecule has 4 heteroatoms. The molecule has 2 rings (SSSR count). The molecule has 0 saturated heterocycles. The van der Waals surface area contributed by atoms with Crippen molar-refractivity contribution in [2.75, 3.05) is 6.26 Å². The molecule has 3 unspecified atom stereocenters. The summed E-state index contributed by atoms with van der Waals surface area (Å²) in [6.07, 6.45) is 37.8. The Morgan fingerprint density at radius 1 is 1.21 bits per heavy atom. The lowest BCUT2D eigenvalue weighted by molar-refractivity contribution is -0.0310. The van der Waals surface area contributed by atoms with Gasteiger partial charge in [0, 0.05) is 10.8 Å². The zero-order valence-electron chi connectivity index (χ0n) is 22.1. The fraction of sp³-hybridized carbons (Fsp3) is 0.633. The maximum atomic E-state index is 10.8. The number of hydrogen-bond donors (Lipinski definition) is 2. The van der Waals surface area contributed by atoms with Crippen molar-refractivity contribution in [1.29, 1.82) is 5.41 Å². The second-order valence-corrected chi connectivity index (χ2v) is 10.4. The van der Waals surface area contributed by atoms with Crippen molar-refractivity contribution < 1.29 is 5.11 Å². The highest BCUT2D eigenvalue weighted by atomic mass is 35.5. The second kappa shape index (κ2) is 23.5. The summed E-state index contributed by atoms with van der Waals surface area (Å²) < 4.78 is 0. The van der Waals surface area contributed by atoms with E-state index < -0.39 is 0 Å². The summed E-state index contributed by atoms with van der Waals surface area (Å²) in [4.78, 5) is 1.38. The van der Waals surface area contributed by atoms with E-state index in [4.69, 9.17) is 17.0 Å². The molecule has 0 amide bonds. The third-order valence-corrected chi connectivity index (χ3v) is 7.66. The fourth-order valence-corrected chi connectivity index (χ4v) is 5.28. The van der Waals surface area contributed by atoms with Gasteiger partial charge in [0.05, 0.1) is 6.10 Å². The number of rotatable bonds is 11. The van der Waals surface area contributed by atoms with E-state index in [0.29, 0.717) is 11.3 Å². The average Bonchev–Trinajstić information content (AvgIpc) is 3.26. The van der Waals surface area contributed by atoms with Crippen LogP contribution in [0.1, 0.15) is 91.4 Å². The fourth-order valence-electron chi connectivity index (χ4n) is 4.28.